The summed E-state index contributed by atoms with van der Waals surface area (Å²) in [7, 11) is 0. The second-order valence-corrected chi connectivity index (χ2v) is 9.14. The molecule has 9 heteroatoms. The third kappa shape index (κ3) is 8.76. The van der Waals surface area contributed by atoms with Gasteiger partial charge in [-0.1, -0.05) is 43.6 Å². The lowest BCUT2D eigenvalue weighted by molar-refractivity contribution is -0.131. The Kier molecular flexibility index (Phi) is 9.72. The van der Waals surface area contributed by atoms with Crippen LogP contribution in [0.15, 0.2) is 46.9 Å². The third-order valence-corrected chi connectivity index (χ3v) is 4.84. The van der Waals surface area contributed by atoms with Gasteiger partial charge in [-0.05, 0) is 54.3 Å². The minimum absolute atomic E-state index is 0.171. The van der Waals surface area contributed by atoms with Gasteiger partial charge in [0, 0.05) is 10.0 Å². The van der Waals surface area contributed by atoms with Crippen molar-refractivity contribution in [3.63, 3.8) is 0 Å². The average Bonchev–Trinajstić information content (AvgIpc) is 2.78. The highest BCUT2D eigenvalue weighted by molar-refractivity contribution is 9.10. The molecule has 0 aromatic heterocycles. The highest BCUT2D eigenvalue weighted by Gasteiger charge is 2.20. The number of carbonyl (C=O) groups excluding carboxylic acids is 3. The minimum Gasteiger partial charge on any atom is -0.484 e. The number of hydrogen-bond acceptors (Lipinski definition) is 6. The van der Waals surface area contributed by atoms with Crippen molar-refractivity contribution in [2.75, 3.05) is 19.8 Å². The van der Waals surface area contributed by atoms with Crippen molar-refractivity contribution >= 4 is 33.7 Å². The molecule has 2 aromatic carbocycles. The Morgan fingerprint density at radius 3 is 2.09 bits per heavy atom. The van der Waals surface area contributed by atoms with Crippen LogP contribution in [0.25, 0.3) is 0 Å². The van der Waals surface area contributed by atoms with Crippen molar-refractivity contribution in [2.24, 2.45) is 0 Å². The summed E-state index contributed by atoms with van der Waals surface area (Å²) >= 11 is 3.45. The number of halogens is 1. The van der Waals surface area contributed by atoms with Gasteiger partial charge in [-0.25, -0.2) is 4.79 Å². The normalized spacial score (nSPS) is 10.8. The molecule has 2 N–H and O–H groups in total. The topological polar surface area (TPSA) is 103 Å². The smallest absolute Gasteiger partial charge is 0.338 e. The number of benzene rings is 2. The number of hydrogen-bond donors (Lipinski definition) is 2. The van der Waals surface area contributed by atoms with Crippen LogP contribution in [0.3, 0.4) is 0 Å². The molecule has 2 rings (SSSR count). The van der Waals surface area contributed by atoms with E-state index in [1.54, 1.807) is 30.3 Å². The van der Waals surface area contributed by atoms with Crippen molar-refractivity contribution in [3.05, 3.63) is 58.1 Å². The van der Waals surface area contributed by atoms with Gasteiger partial charge in [-0.15, -0.1) is 0 Å². The van der Waals surface area contributed by atoms with E-state index in [4.69, 9.17) is 14.2 Å². The fraction of sp³-hybridized carbons (Fsp3) is 0.375. The Balaban J connectivity index is 1.76. The van der Waals surface area contributed by atoms with Crippen molar-refractivity contribution in [1.29, 1.82) is 0 Å². The van der Waals surface area contributed by atoms with E-state index in [1.165, 1.54) is 0 Å². The molecule has 0 aliphatic rings. The molecule has 0 bridgehead atoms. The molecular weight excluding hydrogens is 492 g/mol. The number of rotatable bonds is 9. The molecule has 0 radical (unpaired) electrons. The Morgan fingerprint density at radius 1 is 0.909 bits per heavy atom. The zero-order chi connectivity index (χ0) is 24.4. The first-order valence-electron chi connectivity index (χ1n) is 10.5. The molecule has 0 heterocycles. The molecule has 0 saturated carbocycles. The second kappa shape index (κ2) is 12.2. The number of amides is 2. The summed E-state index contributed by atoms with van der Waals surface area (Å²) in [6.45, 7) is 7.84. The van der Waals surface area contributed by atoms with E-state index in [-0.39, 0.29) is 18.6 Å². The number of esters is 1. The van der Waals surface area contributed by atoms with Gasteiger partial charge in [0.15, 0.2) is 13.2 Å². The van der Waals surface area contributed by atoms with E-state index in [0.717, 1.165) is 16.5 Å². The van der Waals surface area contributed by atoms with Crippen LogP contribution in [0.1, 0.15) is 50.0 Å². The van der Waals surface area contributed by atoms with Crippen LogP contribution >= 0.6 is 15.9 Å². The van der Waals surface area contributed by atoms with E-state index in [2.05, 4.69) is 26.8 Å². The highest BCUT2D eigenvalue weighted by atomic mass is 79.9. The summed E-state index contributed by atoms with van der Waals surface area (Å²) in [5.41, 5.74) is 5.73. The lowest BCUT2D eigenvalue weighted by Crippen LogP contribution is -2.45. The lowest BCUT2D eigenvalue weighted by Gasteiger charge is -2.23. The molecule has 8 nitrogen and oxygen atoms in total. The molecule has 0 unspecified atom stereocenters. The molecule has 0 aliphatic heterocycles. The molecule has 0 fully saturated rings. The fourth-order valence-corrected chi connectivity index (χ4v) is 3.04. The van der Waals surface area contributed by atoms with Gasteiger partial charge in [0.2, 0.25) is 0 Å². The molecule has 0 spiro atoms. The van der Waals surface area contributed by atoms with Crippen LogP contribution in [-0.2, 0) is 19.7 Å². The van der Waals surface area contributed by atoms with E-state index in [9.17, 15) is 14.4 Å². The zero-order valence-corrected chi connectivity index (χ0v) is 20.8. The van der Waals surface area contributed by atoms with Gasteiger partial charge in [-0.3, -0.25) is 20.4 Å². The highest BCUT2D eigenvalue weighted by Crippen LogP contribution is 2.33. The summed E-state index contributed by atoms with van der Waals surface area (Å²) in [6.07, 6.45) is 0.743. The van der Waals surface area contributed by atoms with Gasteiger partial charge in [0.05, 0.1) is 12.2 Å². The first-order chi connectivity index (χ1) is 15.6. The number of hydrazine groups is 1. The molecular formula is C24H29BrN2O6. The maximum absolute atomic E-state index is 12.1. The maximum Gasteiger partial charge on any atom is 0.338 e. The SMILES string of the molecule is CCCOC(=O)c1ccc(OCC(=O)NNC(=O)COc2ccc(Br)cc2C(C)(C)C)cc1. The van der Waals surface area contributed by atoms with Gasteiger partial charge in [-0.2, -0.15) is 0 Å². The number of carbonyl (C=O) groups is 3. The summed E-state index contributed by atoms with van der Waals surface area (Å²) in [5.74, 6) is -0.479. The number of nitrogens with one attached hydrogen (secondary N) is 2. The van der Waals surface area contributed by atoms with Crippen molar-refractivity contribution in [1.82, 2.24) is 10.9 Å². The summed E-state index contributed by atoms with van der Waals surface area (Å²) < 4.78 is 17.0. The summed E-state index contributed by atoms with van der Waals surface area (Å²) in [6, 6.07) is 11.8. The Bertz CT molecular complexity index is 970. The van der Waals surface area contributed by atoms with Crippen LogP contribution in [0.5, 0.6) is 11.5 Å². The van der Waals surface area contributed by atoms with Gasteiger partial charge in [0.25, 0.3) is 11.8 Å². The van der Waals surface area contributed by atoms with Crippen LogP contribution < -0.4 is 20.3 Å². The quantitative estimate of drug-likeness (QED) is 0.383. The van der Waals surface area contributed by atoms with Gasteiger partial charge < -0.3 is 14.2 Å². The molecule has 2 aromatic rings. The maximum atomic E-state index is 12.1. The standard InChI is InChI=1S/C24H29BrN2O6/c1-5-12-31-23(30)16-6-9-18(10-7-16)32-14-21(28)26-27-22(29)15-33-20-11-8-17(25)13-19(20)24(2,3)4/h6-11,13H,5,12,14-15H2,1-4H3,(H,26,28)(H,27,29). The van der Waals surface area contributed by atoms with Gasteiger partial charge in [0.1, 0.15) is 11.5 Å². The van der Waals surface area contributed by atoms with Crippen LogP contribution in [0.2, 0.25) is 0 Å². The molecule has 33 heavy (non-hydrogen) atoms. The largest absolute Gasteiger partial charge is 0.484 e. The monoisotopic (exact) mass is 520 g/mol. The van der Waals surface area contributed by atoms with Crippen molar-refractivity contribution < 1.29 is 28.6 Å². The first kappa shape index (κ1) is 26.2. The fourth-order valence-electron chi connectivity index (χ4n) is 2.68. The van der Waals surface area contributed by atoms with E-state index >= 15 is 0 Å². The third-order valence-electron chi connectivity index (χ3n) is 4.35. The summed E-state index contributed by atoms with van der Waals surface area (Å²) in [4.78, 5) is 35.8. The molecule has 0 atom stereocenters. The molecule has 2 amide bonds. The Labute approximate surface area is 202 Å². The van der Waals surface area contributed by atoms with Gasteiger partial charge >= 0.3 is 5.97 Å². The Morgan fingerprint density at radius 2 is 1.52 bits per heavy atom. The number of ether oxygens (including phenoxy) is 3. The molecule has 178 valence electrons. The average molecular weight is 521 g/mol. The molecule has 0 saturated heterocycles. The van der Waals surface area contributed by atoms with Crippen LogP contribution in [-0.4, -0.2) is 37.6 Å². The lowest BCUT2D eigenvalue weighted by atomic mass is 9.86. The van der Waals surface area contributed by atoms with E-state index in [1.807, 2.05) is 39.8 Å². The van der Waals surface area contributed by atoms with E-state index < -0.39 is 17.8 Å². The first-order valence-corrected chi connectivity index (χ1v) is 11.3. The second-order valence-electron chi connectivity index (χ2n) is 8.22. The minimum atomic E-state index is -0.547. The predicted molar refractivity (Wildman–Crippen MR) is 127 cm³/mol. The van der Waals surface area contributed by atoms with Crippen molar-refractivity contribution in [2.45, 2.75) is 39.5 Å². The predicted octanol–water partition coefficient (Wildman–Crippen LogP) is 3.92. The van der Waals surface area contributed by atoms with Crippen LogP contribution in [0, 0.1) is 0 Å². The van der Waals surface area contributed by atoms with Crippen molar-refractivity contribution in [3.8, 4) is 11.5 Å². The van der Waals surface area contributed by atoms with Crippen LogP contribution in [0.4, 0.5) is 0 Å². The van der Waals surface area contributed by atoms with E-state index in [0.29, 0.717) is 23.7 Å². The summed E-state index contributed by atoms with van der Waals surface area (Å²) in [5, 5.41) is 0. The zero-order valence-electron chi connectivity index (χ0n) is 19.2. The molecule has 0 aliphatic carbocycles. The Hall–Kier alpha value is -3.07.